The first-order valence-electron chi connectivity index (χ1n) is 6.22. The molecule has 0 aliphatic heterocycles. The molecule has 0 heterocycles. The average Bonchev–Trinajstić information content (AvgIpc) is 2.43. The van der Waals surface area contributed by atoms with Crippen LogP contribution >= 0.6 is 0 Å². The van der Waals surface area contributed by atoms with Crippen LogP contribution in [0.2, 0.25) is 0 Å². The Balaban J connectivity index is 2.47. The van der Waals surface area contributed by atoms with Gasteiger partial charge < -0.3 is 5.11 Å². The SMILES string of the molecule is OC(C=Cc1cccc(F)c1)(c1cccc(F)c1)C(F)(F)F. The van der Waals surface area contributed by atoms with Crippen molar-refractivity contribution >= 4 is 6.08 Å². The van der Waals surface area contributed by atoms with E-state index in [-0.39, 0.29) is 5.56 Å². The molecule has 2 aromatic carbocycles. The Morgan fingerprint density at radius 1 is 0.864 bits per heavy atom. The molecule has 116 valence electrons. The van der Waals surface area contributed by atoms with Crippen LogP contribution in [0.4, 0.5) is 22.0 Å². The van der Waals surface area contributed by atoms with Gasteiger partial charge in [-0.3, -0.25) is 0 Å². The van der Waals surface area contributed by atoms with Gasteiger partial charge in [-0.2, -0.15) is 13.2 Å². The van der Waals surface area contributed by atoms with Crippen molar-refractivity contribution in [1.29, 1.82) is 0 Å². The van der Waals surface area contributed by atoms with E-state index < -0.39 is 29.0 Å². The minimum absolute atomic E-state index is 0.138. The van der Waals surface area contributed by atoms with Gasteiger partial charge in [0.2, 0.25) is 5.60 Å². The van der Waals surface area contributed by atoms with Gasteiger partial charge in [-0.1, -0.05) is 30.3 Å². The van der Waals surface area contributed by atoms with Crippen molar-refractivity contribution in [2.45, 2.75) is 11.8 Å². The summed E-state index contributed by atoms with van der Waals surface area (Å²) >= 11 is 0. The third-order valence-corrected chi connectivity index (χ3v) is 3.06. The molecule has 2 aromatic rings. The third kappa shape index (κ3) is 3.33. The summed E-state index contributed by atoms with van der Waals surface area (Å²) in [7, 11) is 0. The Labute approximate surface area is 123 Å². The Morgan fingerprint density at radius 2 is 1.45 bits per heavy atom. The molecular weight excluding hydrogens is 303 g/mol. The molecular formula is C16H11F5O. The minimum Gasteiger partial charge on any atom is -0.373 e. The van der Waals surface area contributed by atoms with Crippen LogP contribution in [-0.4, -0.2) is 11.3 Å². The fourth-order valence-electron chi connectivity index (χ4n) is 1.91. The van der Waals surface area contributed by atoms with Gasteiger partial charge in [0.05, 0.1) is 0 Å². The summed E-state index contributed by atoms with van der Waals surface area (Å²) in [6.07, 6.45) is -3.66. The molecule has 1 atom stereocenters. The number of hydrogen-bond donors (Lipinski definition) is 1. The lowest BCUT2D eigenvalue weighted by molar-refractivity contribution is -0.245. The molecule has 0 spiro atoms. The van der Waals surface area contributed by atoms with Crippen LogP contribution < -0.4 is 0 Å². The summed E-state index contributed by atoms with van der Waals surface area (Å²) in [5.41, 5.74) is -3.90. The summed E-state index contributed by atoms with van der Waals surface area (Å²) in [4.78, 5) is 0. The summed E-state index contributed by atoms with van der Waals surface area (Å²) in [6.45, 7) is 0. The maximum absolute atomic E-state index is 13.2. The monoisotopic (exact) mass is 314 g/mol. The van der Waals surface area contributed by atoms with Gasteiger partial charge in [-0.25, -0.2) is 8.78 Å². The van der Waals surface area contributed by atoms with Gasteiger partial charge in [0.1, 0.15) is 11.6 Å². The van der Waals surface area contributed by atoms with Crippen molar-refractivity contribution in [1.82, 2.24) is 0 Å². The Morgan fingerprint density at radius 3 is 2.00 bits per heavy atom. The van der Waals surface area contributed by atoms with E-state index in [0.717, 1.165) is 36.4 Å². The molecule has 0 saturated carbocycles. The molecule has 0 fully saturated rings. The van der Waals surface area contributed by atoms with Crippen molar-refractivity contribution in [3.05, 3.63) is 77.4 Å². The second-order valence-corrected chi connectivity index (χ2v) is 4.66. The first-order chi connectivity index (χ1) is 10.2. The van der Waals surface area contributed by atoms with Crippen LogP contribution in [0.1, 0.15) is 11.1 Å². The van der Waals surface area contributed by atoms with Crippen LogP contribution in [0.15, 0.2) is 54.6 Å². The highest BCUT2D eigenvalue weighted by atomic mass is 19.4. The lowest BCUT2D eigenvalue weighted by Gasteiger charge is -2.28. The van der Waals surface area contributed by atoms with Gasteiger partial charge in [0.15, 0.2) is 0 Å². The fourth-order valence-corrected chi connectivity index (χ4v) is 1.91. The summed E-state index contributed by atoms with van der Waals surface area (Å²) < 4.78 is 65.8. The lowest BCUT2D eigenvalue weighted by atomic mass is 9.92. The Bertz CT molecular complexity index is 693. The number of alkyl halides is 3. The number of halogens is 5. The van der Waals surface area contributed by atoms with Gasteiger partial charge in [0.25, 0.3) is 0 Å². The van der Waals surface area contributed by atoms with Crippen molar-refractivity contribution in [2.75, 3.05) is 0 Å². The maximum Gasteiger partial charge on any atom is 0.425 e. The molecule has 22 heavy (non-hydrogen) atoms. The Hall–Kier alpha value is -2.21. The smallest absolute Gasteiger partial charge is 0.373 e. The van der Waals surface area contributed by atoms with E-state index in [1.54, 1.807) is 0 Å². The molecule has 1 unspecified atom stereocenters. The average molecular weight is 314 g/mol. The molecule has 0 aromatic heterocycles. The molecule has 2 rings (SSSR count). The predicted molar refractivity (Wildman–Crippen MR) is 71.8 cm³/mol. The molecule has 0 radical (unpaired) electrons. The molecule has 0 saturated heterocycles. The van der Waals surface area contributed by atoms with E-state index in [2.05, 4.69) is 0 Å². The van der Waals surface area contributed by atoms with Gasteiger partial charge in [-0.05, 0) is 41.5 Å². The fraction of sp³-hybridized carbons (Fsp3) is 0.125. The number of aliphatic hydroxyl groups is 1. The quantitative estimate of drug-likeness (QED) is 0.831. The molecule has 0 aliphatic carbocycles. The maximum atomic E-state index is 13.2. The van der Waals surface area contributed by atoms with Gasteiger partial charge in [0, 0.05) is 0 Å². The number of benzene rings is 2. The second-order valence-electron chi connectivity index (χ2n) is 4.66. The summed E-state index contributed by atoms with van der Waals surface area (Å²) in [5.74, 6) is -1.53. The van der Waals surface area contributed by atoms with Crippen molar-refractivity contribution in [2.24, 2.45) is 0 Å². The van der Waals surface area contributed by atoms with E-state index in [4.69, 9.17) is 0 Å². The number of rotatable bonds is 3. The predicted octanol–water partition coefficient (Wildman–Crippen LogP) is 4.43. The highest BCUT2D eigenvalue weighted by molar-refractivity contribution is 5.52. The van der Waals surface area contributed by atoms with Crippen LogP contribution in [0.25, 0.3) is 6.08 Å². The van der Waals surface area contributed by atoms with E-state index in [1.165, 1.54) is 12.1 Å². The molecule has 1 nitrogen and oxygen atoms in total. The number of hydrogen-bond acceptors (Lipinski definition) is 1. The van der Waals surface area contributed by atoms with Gasteiger partial charge in [-0.15, -0.1) is 0 Å². The standard InChI is InChI=1S/C16H11F5O/c17-13-5-1-3-11(9-13)7-8-15(22,16(19,20)21)12-4-2-6-14(18)10-12/h1-10,22H. The second kappa shape index (κ2) is 5.88. The first kappa shape index (κ1) is 16.2. The Kier molecular flexibility index (Phi) is 4.32. The van der Waals surface area contributed by atoms with Crippen molar-refractivity contribution < 1.29 is 27.1 Å². The normalized spacial score (nSPS) is 15.0. The third-order valence-electron chi connectivity index (χ3n) is 3.06. The molecule has 0 bridgehead atoms. The molecule has 6 heteroatoms. The first-order valence-corrected chi connectivity index (χ1v) is 6.22. The minimum atomic E-state index is -5.06. The van der Waals surface area contributed by atoms with E-state index in [9.17, 15) is 27.1 Å². The van der Waals surface area contributed by atoms with Crippen LogP contribution in [0.3, 0.4) is 0 Å². The topological polar surface area (TPSA) is 20.2 Å². The summed E-state index contributed by atoms with van der Waals surface area (Å²) in [5, 5.41) is 10.0. The zero-order chi connectivity index (χ0) is 16.4. The van der Waals surface area contributed by atoms with Crippen LogP contribution in [-0.2, 0) is 5.60 Å². The molecule has 0 aliphatic rings. The molecule has 1 N–H and O–H groups in total. The van der Waals surface area contributed by atoms with Crippen molar-refractivity contribution in [3.63, 3.8) is 0 Å². The summed E-state index contributed by atoms with van der Waals surface area (Å²) in [6, 6.07) is 8.45. The highest BCUT2D eigenvalue weighted by Crippen LogP contribution is 2.40. The zero-order valence-electron chi connectivity index (χ0n) is 11.1. The van der Waals surface area contributed by atoms with Crippen molar-refractivity contribution in [3.8, 4) is 0 Å². The highest BCUT2D eigenvalue weighted by Gasteiger charge is 2.53. The zero-order valence-corrected chi connectivity index (χ0v) is 11.1. The van der Waals surface area contributed by atoms with Crippen LogP contribution in [0.5, 0.6) is 0 Å². The van der Waals surface area contributed by atoms with E-state index in [0.29, 0.717) is 12.1 Å². The largest absolute Gasteiger partial charge is 0.425 e. The lowest BCUT2D eigenvalue weighted by Crippen LogP contribution is -2.40. The van der Waals surface area contributed by atoms with E-state index >= 15 is 0 Å². The van der Waals surface area contributed by atoms with E-state index in [1.807, 2.05) is 0 Å². The van der Waals surface area contributed by atoms with Gasteiger partial charge >= 0.3 is 6.18 Å². The van der Waals surface area contributed by atoms with Crippen LogP contribution in [0, 0.1) is 11.6 Å². The molecule has 0 amide bonds.